The molecule has 4 atom stereocenters. The highest BCUT2D eigenvalue weighted by atomic mass is 32.2. The van der Waals surface area contributed by atoms with Crippen molar-refractivity contribution >= 4 is 63.9 Å². The maximum absolute atomic E-state index is 13.8. The molecule has 5 amide bonds. The molecule has 12 nitrogen and oxygen atoms in total. The number of rotatable bonds is 19. The molecule has 314 valence electrons. The van der Waals surface area contributed by atoms with Gasteiger partial charge in [-0.25, -0.2) is 4.79 Å². The van der Waals surface area contributed by atoms with E-state index in [1.807, 2.05) is 67.2 Å². The average Bonchev–Trinajstić information content (AvgIpc) is 3.79. The maximum atomic E-state index is 13.8. The number of benzene rings is 4. The van der Waals surface area contributed by atoms with E-state index in [9.17, 15) is 29.1 Å². The SMILES string of the molecule is Cc1cc(NC(=O)C(SCCC(=O)NCCCCCNC(=O)CCCCC2SC[C@@H]3NC(=O)N[C@H]23)c2ccccc2)ccc1-c1c2ccc(=O)cc-2oc2cc(O)ccc12. The van der Waals surface area contributed by atoms with Crippen molar-refractivity contribution in [1.82, 2.24) is 21.3 Å². The predicted molar refractivity (Wildman–Crippen MR) is 240 cm³/mol. The Morgan fingerprint density at radius 2 is 1.62 bits per heavy atom. The zero-order valence-electron chi connectivity index (χ0n) is 33.6. The molecule has 6 N–H and O–H groups in total. The zero-order chi connectivity index (χ0) is 42.0. The van der Waals surface area contributed by atoms with Gasteiger partial charge in [0.25, 0.3) is 0 Å². The highest BCUT2D eigenvalue weighted by molar-refractivity contribution is 8.00. The second-order valence-electron chi connectivity index (χ2n) is 15.4. The van der Waals surface area contributed by atoms with Gasteiger partial charge < -0.3 is 36.1 Å². The molecule has 14 heteroatoms. The monoisotopic (exact) mass is 849 g/mol. The van der Waals surface area contributed by atoms with E-state index < -0.39 is 5.25 Å². The van der Waals surface area contributed by atoms with Crippen LogP contribution in [0.25, 0.3) is 33.4 Å². The number of amides is 5. The van der Waals surface area contributed by atoms with E-state index in [0.29, 0.717) is 47.5 Å². The number of thioether (sulfide) groups is 2. The second-order valence-corrected chi connectivity index (χ2v) is 17.9. The molecule has 7 rings (SSSR count). The van der Waals surface area contributed by atoms with Crippen molar-refractivity contribution in [2.75, 3.05) is 29.9 Å². The summed E-state index contributed by atoms with van der Waals surface area (Å²) < 4.78 is 6.01. The molecule has 3 aliphatic heterocycles. The van der Waals surface area contributed by atoms with Crippen molar-refractivity contribution in [3.8, 4) is 28.2 Å². The van der Waals surface area contributed by atoms with E-state index in [-0.39, 0.29) is 53.4 Å². The molecule has 3 aromatic carbocycles. The summed E-state index contributed by atoms with van der Waals surface area (Å²) in [6, 6.07) is 25.2. The summed E-state index contributed by atoms with van der Waals surface area (Å²) in [6.45, 7) is 3.13. The maximum Gasteiger partial charge on any atom is 0.315 e. The number of aryl methyl sites for hydroxylation is 1. The van der Waals surface area contributed by atoms with E-state index in [2.05, 4.69) is 26.6 Å². The summed E-state index contributed by atoms with van der Waals surface area (Å²) in [7, 11) is 0. The number of aromatic hydroxyl groups is 1. The highest BCUT2D eigenvalue weighted by Crippen LogP contribution is 2.42. The van der Waals surface area contributed by atoms with Gasteiger partial charge in [-0.3, -0.25) is 19.2 Å². The van der Waals surface area contributed by atoms with Crippen LogP contribution in [0.15, 0.2) is 94.1 Å². The highest BCUT2D eigenvalue weighted by Gasteiger charge is 2.42. The quantitative estimate of drug-likeness (QED) is 0.0279. The van der Waals surface area contributed by atoms with Gasteiger partial charge in [0.1, 0.15) is 22.3 Å². The first-order chi connectivity index (χ1) is 29.1. The second kappa shape index (κ2) is 20.2. The molecule has 0 spiro atoms. The molecule has 60 heavy (non-hydrogen) atoms. The lowest BCUT2D eigenvalue weighted by Crippen LogP contribution is -2.36. The van der Waals surface area contributed by atoms with Crippen molar-refractivity contribution in [2.24, 2.45) is 0 Å². The van der Waals surface area contributed by atoms with E-state index in [0.717, 1.165) is 77.5 Å². The Bertz CT molecular complexity index is 2360. The lowest BCUT2D eigenvalue weighted by atomic mass is 9.91. The molecule has 0 radical (unpaired) electrons. The number of nitrogens with one attached hydrogen (secondary N) is 5. The molecule has 4 aliphatic rings. The smallest absolute Gasteiger partial charge is 0.315 e. The molecule has 2 fully saturated rings. The molecule has 0 bridgehead atoms. The number of phenolic OH excluding ortho intramolecular Hbond substituents is 1. The van der Waals surface area contributed by atoms with Crippen LogP contribution in [0.4, 0.5) is 10.5 Å². The van der Waals surface area contributed by atoms with Gasteiger partial charge in [0.15, 0.2) is 5.43 Å². The molecule has 0 saturated carbocycles. The Labute approximate surface area is 357 Å². The van der Waals surface area contributed by atoms with Gasteiger partial charge in [0, 0.05) is 77.0 Å². The standard InChI is InChI=1S/C46H51N5O7S2/c1-28-24-30(14-17-33(28)42-34-18-15-31(52)25-37(34)58-38-26-32(53)16-19-35(38)42)49-45(56)44(29-10-4-2-5-11-29)59-23-20-41(55)48-22-9-3-8-21-47-40(54)13-7-6-12-39-43-36(27-60-39)50-46(57)51-43/h2,4-5,10-11,14-19,24-26,36,39,43-44,52H,3,6-9,12-13,20-23,27H2,1H3,(H,47,54)(H,48,55)(H,49,56)(H2,50,51,57)/t36-,39?,43-,44?/m0/s1. The Balaban J connectivity index is 0.836. The minimum Gasteiger partial charge on any atom is -0.508 e. The zero-order valence-corrected chi connectivity index (χ0v) is 35.2. The molecule has 1 aliphatic carbocycles. The van der Waals surface area contributed by atoms with E-state index in [1.165, 1.54) is 30.0 Å². The Morgan fingerprint density at radius 1 is 0.850 bits per heavy atom. The van der Waals surface area contributed by atoms with Gasteiger partial charge >= 0.3 is 6.03 Å². The van der Waals surface area contributed by atoms with Gasteiger partial charge in [-0.15, -0.1) is 11.8 Å². The minimum absolute atomic E-state index is 0.0540. The van der Waals surface area contributed by atoms with Crippen LogP contribution >= 0.6 is 23.5 Å². The third-order valence-corrected chi connectivity index (χ3v) is 13.7. The molecule has 2 saturated heterocycles. The number of carbonyl (C=O) groups excluding carboxylic acids is 4. The minimum atomic E-state index is -0.542. The van der Waals surface area contributed by atoms with Crippen LogP contribution in [0, 0.1) is 6.92 Å². The van der Waals surface area contributed by atoms with Crippen molar-refractivity contribution in [2.45, 2.75) is 80.9 Å². The fraction of sp³-hybridized carbons (Fsp3) is 0.370. The third kappa shape index (κ3) is 10.8. The largest absolute Gasteiger partial charge is 0.508 e. The first-order valence-corrected chi connectivity index (χ1v) is 22.7. The first-order valence-electron chi connectivity index (χ1n) is 20.6. The molecule has 0 aromatic heterocycles. The van der Waals surface area contributed by atoms with Crippen LogP contribution in [0.5, 0.6) is 5.75 Å². The fourth-order valence-corrected chi connectivity index (χ4v) is 10.6. The Morgan fingerprint density at radius 3 is 2.40 bits per heavy atom. The van der Waals surface area contributed by atoms with Crippen molar-refractivity contribution in [1.29, 1.82) is 0 Å². The first kappa shape index (κ1) is 42.6. The van der Waals surface area contributed by atoms with E-state index >= 15 is 0 Å². The Hall–Kier alpha value is -5.47. The predicted octanol–water partition coefficient (Wildman–Crippen LogP) is 7.51. The number of anilines is 1. The number of carbonyl (C=O) groups is 4. The van der Waals surface area contributed by atoms with Crippen LogP contribution in [0.3, 0.4) is 0 Å². The number of unbranched alkanes of at least 4 members (excludes halogenated alkanes) is 3. The summed E-state index contributed by atoms with van der Waals surface area (Å²) in [4.78, 5) is 62.6. The van der Waals surface area contributed by atoms with Crippen LogP contribution in [0.1, 0.15) is 67.7 Å². The van der Waals surface area contributed by atoms with Gasteiger partial charge in [-0.05, 0) is 92.1 Å². The molecular weight excluding hydrogens is 799 g/mol. The number of phenols is 1. The number of fused-ring (bicyclic) bond motifs is 3. The summed E-state index contributed by atoms with van der Waals surface area (Å²) >= 11 is 3.32. The van der Waals surface area contributed by atoms with Gasteiger partial charge in [-0.1, -0.05) is 42.8 Å². The average molecular weight is 850 g/mol. The normalized spacial score (nSPS) is 17.5. The number of hydrogen-bond acceptors (Lipinski definition) is 9. The summed E-state index contributed by atoms with van der Waals surface area (Å²) in [5.41, 5.74) is 5.14. The Kier molecular flexibility index (Phi) is 14.4. The molecule has 3 heterocycles. The topological polar surface area (TPSA) is 179 Å². The third-order valence-electron chi connectivity index (χ3n) is 11.0. The molecule has 2 unspecified atom stereocenters. The van der Waals surface area contributed by atoms with Crippen LogP contribution in [-0.2, 0) is 14.4 Å². The van der Waals surface area contributed by atoms with Gasteiger partial charge in [-0.2, -0.15) is 11.8 Å². The van der Waals surface area contributed by atoms with E-state index in [1.54, 1.807) is 18.2 Å². The van der Waals surface area contributed by atoms with Crippen LogP contribution in [-0.4, -0.2) is 70.8 Å². The van der Waals surface area contributed by atoms with Crippen molar-refractivity contribution < 1.29 is 28.7 Å². The van der Waals surface area contributed by atoms with Crippen LogP contribution < -0.4 is 32.0 Å². The van der Waals surface area contributed by atoms with Crippen molar-refractivity contribution in [3.63, 3.8) is 0 Å². The number of hydrogen-bond donors (Lipinski definition) is 6. The van der Waals surface area contributed by atoms with Crippen LogP contribution in [0.2, 0.25) is 0 Å². The summed E-state index contributed by atoms with van der Waals surface area (Å²) in [5.74, 6) is 1.67. The molecular formula is C46H51N5O7S2. The summed E-state index contributed by atoms with van der Waals surface area (Å²) in [5, 5.41) is 25.8. The van der Waals surface area contributed by atoms with E-state index in [4.69, 9.17) is 4.42 Å². The fourth-order valence-electron chi connectivity index (χ4n) is 7.93. The van der Waals surface area contributed by atoms with Gasteiger partial charge in [0.05, 0.1) is 12.1 Å². The number of urea groups is 1. The van der Waals surface area contributed by atoms with Crippen molar-refractivity contribution in [3.05, 3.63) is 106 Å². The summed E-state index contributed by atoms with van der Waals surface area (Å²) in [6.07, 6.45) is 6.10. The molecule has 3 aromatic rings. The lowest BCUT2D eigenvalue weighted by molar-refractivity contribution is -0.121. The lowest BCUT2D eigenvalue weighted by Gasteiger charge is -2.19. The van der Waals surface area contributed by atoms with Gasteiger partial charge in [0.2, 0.25) is 17.7 Å².